The molecule has 1 aromatic heterocycles. The molecule has 1 fully saturated rings. The van der Waals surface area contributed by atoms with Crippen LogP contribution in [0, 0.1) is 6.92 Å². The van der Waals surface area contributed by atoms with Crippen LogP contribution >= 0.6 is 23.7 Å². The Morgan fingerprint density at radius 1 is 1.45 bits per heavy atom. The van der Waals surface area contributed by atoms with Gasteiger partial charge in [-0.2, -0.15) is 0 Å². The van der Waals surface area contributed by atoms with Crippen LogP contribution < -0.4 is 5.32 Å². The lowest BCUT2D eigenvalue weighted by Crippen LogP contribution is -2.52. The summed E-state index contributed by atoms with van der Waals surface area (Å²) in [7, 11) is 0. The largest absolute Gasteiger partial charge is 0.333 e. The molecule has 20 heavy (non-hydrogen) atoms. The molecule has 0 bridgehead atoms. The first kappa shape index (κ1) is 17.4. The molecule has 1 aliphatic heterocycles. The Labute approximate surface area is 131 Å². The Morgan fingerprint density at radius 3 is 2.60 bits per heavy atom. The normalized spacial score (nSPS) is 19.6. The zero-order valence-electron chi connectivity index (χ0n) is 12.8. The minimum atomic E-state index is 0. The zero-order valence-corrected chi connectivity index (χ0v) is 14.5. The Bertz CT molecular complexity index is 481. The molecule has 1 amide bonds. The zero-order chi connectivity index (χ0) is 14.2. The highest BCUT2D eigenvalue weighted by Gasteiger charge is 2.29. The number of piperazine rings is 1. The van der Waals surface area contributed by atoms with Crippen molar-refractivity contribution < 1.29 is 4.79 Å². The van der Waals surface area contributed by atoms with Gasteiger partial charge in [0, 0.05) is 31.1 Å². The average molecular weight is 318 g/mol. The second kappa shape index (κ2) is 6.41. The van der Waals surface area contributed by atoms with E-state index in [9.17, 15) is 4.79 Å². The van der Waals surface area contributed by atoms with Crippen molar-refractivity contribution in [3.8, 4) is 0 Å². The molecule has 1 aliphatic rings. The van der Waals surface area contributed by atoms with E-state index in [-0.39, 0.29) is 29.8 Å². The maximum Gasteiger partial charge on any atom is 0.266 e. The molecule has 6 heteroatoms. The van der Waals surface area contributed by atoms with Crippen molar-refractivity contribution in [1.29, 1.82) is 0 Å². The lowest BCUT2D eigenvalue weighted by Gasteiger charge is -2.33. The van der Waals surface area contributed by atoms with E-state index in [1.54, 1.807) is 11.3 Å². The van der Waals surface area contributed by atoms with E-state index in [2.05, 4.69) is 38.0 Å². The van der Waals surface area contributed by atoms with Gasteiger partial charge in [0.15, 0.2) is 0 Å². The molecule has 0 spiro atoms. The molecule has 1 atom stereocenters. The average Bonchev–Trinajstić information content (AvgIpc) is 2.71. The first-order valence-corrected chi connectivity index (χ1v) is 7.62. The number of nitrogens with one attached hydrogen (secondary N) is 1. The van der Waals surface area contributed by atoms with Crippen molar-refractivity contribution in [1.82, 2.24) is 15.2 Å². The first-order valence-electron chi connectivity index (χ1n) is 6.80. The SMILES string of the molecule is Cc1nc(C(C)(C)C)sc1C(=O)N1CCNC[C@H]1C.Cl. The van der Waals surface area contributed by atoms with Gasteiger partial charge >= 0.3 is 0 Å². The molecule has 4 nitrogen and oxygen atoms in total. The molecular formula is C14H24ClN3OS. The second-order valence-corrected chi connectivity index (χ2v) is 7.23. The van der Waals surface area contributed by atoms with E-state index in [1.807, 2.05) is 11.8 Å². The van der Waals surface area contributed by atoms with Gasteiger partial charge in [-0.25, -0.2) is 4.98 Å². The third-order valence-corrected chi connectivity index (χ3v) is 4.97. The third kappa shape index (κ3) is 3.51. The topological polar surface area (TPSA) is 45.2 Å². The van der Waals surface area contributed by atoms with Crippen molar-refractivity contribution in [2.75, 3.05) is 19.6 Å². The molecule has 0 aliphatic carbocycles. The number of hydrogen-bond donors (Lipinski definition) is 1. The van der Waals surface area contributed by atoms with Crippen LogP contribution in [0.2, 0.25) is 0 Å². The lowest BCUT2D eigenvalue weighted by atomic mass is 9.98. The summed E-state index contributed by atoms with van der Waals surface area (Å²) in [5, 5.41) is 4.35. The van der Waals surface area contributed by atoms with Crippen LogP contribution in [0.15, 0.2) is 0 Å². The summed E-state index contributed by atoms with van der Waals surface area (Å²) in [6.45, 7) is 12.9. The van der Waals surface area contributed by atoms with Crippen molar-refractivity contribution in [2.45, 2.75) is 46.1 Å². The molecule has 0 radical (unpaired) electrons. The molecule has 2 heterocycles. The molecular weight excluding hydrogens is 294 g/mol. The molecule has 0 unspecified atom stereocenters. The predicted molar refractivity (Wildman–Crippen MR) is 86.2 cm³/mol. The number of thiazole rings is 1. The maximum absolute atomic E-state index is 12.6. The summed E-state index contributed by atoms with van der Waals surface area (Å²) in [4.78, 5) is 20.0. The van der Waals surface area contributed by atoms with E-state index in [4.69, 9.17) is 0 Å². The predicted octanol–water partition coefficient (Wildman–Crippen LogP) is 2.60. The fourth-order valence-corrected chi connectivity index (χ4v) is 3.27. The number of carbonyl (C=O) groups excluding carboxylic acids is 1. The number of halogens is 1. The van der Waals surface area contributed by atoms with Gasteiger partial charge in [0.25, 0.3) is 5.91 Å². The number of aryl methyl sites for hydroxylation is 1. The van der Waals surface area contributed by atoms with Crippen LogP contribution in [0.5, 0.6) is 0 Å². The number of rotatable bonds is 1. The van der Waals surface area contributed by atoms with Crippen LogP contribution in [0.1, 0.15) is 48.1 Å². The van der Waals surface area contributed by atoms with Crippen LogP contribution in [-0.4, -0.2) is 41.5 Å². The standard InChI is InChI=1S/C14H23N3OS.ClH/c1-9-8-15-6-7-17(9)12(18)11-10(2)16-13(19-11)14(3,4)5;/h9,15H,6-8H2,1-5H3;1H/t9-;/m1./s1. The highest BCUT2D eigenvalue weighted by atomic mass is 35.5. The molecule has 0 saturated carbocycles. The van der Waals surface area contributed by atoms with Gasteiger partial charge in [-0.3, -0.25) is 4.79 Å². The maximum atomic E-state index is 12.6. The van der Waals surface area contributed by atoms with Crippen molar-refractivity contribution in [2.24, 2.45) is 0 Å². The van der Waals surface area contributed by atoms with E-state index >= 15 is 0 Å². The minimum absolute atomic E-state index is 0. The van der Waals surface area contributed by atoms with Crippen LogP contribution in [0.25, 0.3) is 0 Å². The number of amides is 1. The van der Waals surface area contributed by atoms with E-state index in [1.165, 1.54) is 0 Å². The molecule has 2 rings (SSSR count). The Morgan fingerprint density at radius 2 is 2.10 bits per heavy atom. The van der Waals surface area contributed by atoms with Crippen molar-refractivity contribution in [3.05, 3.63) is 15.6 Å². The summed E-state index contributed by atoms with van der Waals surface area (Å²) in [5.41, 5.74) is 0.869. The quantitative estimate of drug-likeness (QED) is 0.866. The Hall–Kier alpha value is -0.650. The summed E-state index contributed by atoms with van der Waals surface area (Å²) in [6.07, 6.45) is 0. The van der Waals surface area contributed by atoms with E-state index in [0.717, 1.165) is 35.2 Å². The number of nitrogens with zero attached hydrogens (tertiary/aromatic N) is 2. The van der Waals surface area contributed by atoms with E-state index in [0.29, 0.717) is 0 Å². The minimum Gasteiger partial charge on any atom is -0.333 e. The van der Waals surface area contributed by atoms with Gasteiger partial charge in [0.2, 0.25) is 0 Å². The number of aromatic nitrogens is 1. The molecule has 114 valence electrons. The fraction of sp³-hybridized carbons (Fsp3) is 0.714. The fourth-order valence-electron chi connectivity index (χ4n) is 2.19. The molecule has 1 saturated heterocycles. The third-order valence-electron chi connectivity index (χ3n) is 3.39. The van der Waals surface area contributed by atoms with Gasteiger partial charge in [0.1, 0.15) is 4.88 Å². The summed E-state index contributed by atoms with van der Waals surface area (Å²) < 4.78 is 0. The Kier molecular flexibility index (Phi) is 5.58. The van der Waals surface area contributed by atoms with Crippen LogP contribution in [0.3, 0.4) is 0 Å². The van der Waals surface area contributed by atoms with Gasteiger partial charge in [0.05, 0.1) is 10.7 Å². The smallest absolute Gasteiger partial charge is 0.266 e. The van der Waals surface area contributed by atoms with Gasteiger partial charge in [-0.05, 0) is 13.8 Å². The summed E-state index contributed by atoms with van der Waals surface area (Å²) in [6, 6.07) is 0.251. The van der Waals surface area contributed by atoms with Crippen molar-refractivity contribution in [3.63, 3.8) is 0 Å². The Balaban J connectivity index is 0.00000200. The second-order valence-electron chi connectivity index (χ2n) is 6.24. The summed E-state index contributed by atoms with van der Waals surface area (Å²) in [5.74, 6) is 0.138. The number of hydrogen-bond acceptors (Lipinski definition) is 4. The highest BCUT2D eigenvalue weighted by Crippen LogP contribution is 2.30. The van der Waals surface area contributed by atoms with E-state index < -0.39 is 0 Å². The van der Waals surface area contributed by atoms with Gasteiger partial charge < -0.3 is 10.2 Å². The van der Waals surface area contributed by atoms with Crippen LogP contribution in [-0.2, 0) is 5.41 Å². The number of carbonyl (C=O) groups is 1. The first-order chi connectivity index (χ1) is 8.80. The monoisotopic (exact) mass is 317 g/mol. The molecule has 1 N–H and O–H groups in total. The summed E-state index contributed by atoms with van der Waals surface area (Å²) >= 11 is 1.55. The van der Waals surface area contributed by atoms with Gasteiger partial charge in [-0.1, -0.05) is 20.8 Å². The van der Waals surface area contributed by atoms with Crippen LogP contribution in [0.4, 0.5) is 0 Å². The lowest BCUT2D eigenvalue weighted by molar-refractivity contribution is 0.0660. The molecule has 0 aromatic carbocycles. The van der Waals surface area contributed by atoms with Crippen molar-refractivity contribution >= 4 is 29.7 Å². The molecule has 1 aromatic rings. The highest BCUT2D eigenvalue weighted by molar-refractivity contribution is 7.14. The van der Waals surface area contributed by atoms with Gasteiger partial charge in [-0.15, -0.1) is 23.7 Å².